The Hall–Kier alpha value is -3.30. The number of carboxylic acids is 4. The second-order valence-electron chi connectivity index (χ2n) is 9.57. The summed E-state index contributed by atoms with van der Waals surface area (Å²) in [6, 6.07) is -5.55. The van der Waals surface area contributed by atoms with Gasteiger partial charge in [-0.1, -0.05) is 21.6 Å². The zero-order chi connectivity index (χ0) is 34.0. The van der Waals surface area contributed by atoms with E-state index >= 15 is 0 Å². The molecule has 0 radical (unpaired) electrons. The molecule has 0 bridgehead atoms. The minimum atomic E-state index is -1.50. The van der Waals surface area contributed by atoms with Crippen LogP contribution in [0.2, 0.25) is 0 Å². The maximum absolute atomic E-state index is 12.5. The first kappa shape index (κ1) is 40.7. The zero-order valence-electron chi connectivity index (χ0n) is 23.5. The maximum atomic E-state index is 12.5. The van der Waals surface area contributed by atoms with E-state index < -0.39 is 109 Å². The van der Waals surface area contributed by atoms with Crippen molar-refractivity contribution in [2.45, 2.75) is 62.7 Å². The molecular weight excluding hydrogens is 632 g/mol. The third-order valence-corrected chi connectivity index (χ3v) is 8.51. The molecule has 0 saturated heterocycles. The van der Waals surface area contributed by atoms with Gasteiger partial charge < -0.3 is 52.7 Å². The summed E-state index contributed by atoms with van der Waals surface area (Å²) in [6.45, 7) is -1.64. The molecule has 18 nitrogen and oxygen atoms in total. The Balaban J connectivity index is 4.92. The molecule has 250 valence electrons. The molecule has 12 N–H and O–H groups in total. The molecular formula is C24H38N4O14S2. The normalized spacial score (nSPS) is 15.1. The predicted molar refractivity (Wildman–Crippen MR) is 154 cm³/mol. The molecule has 44 heavy (non-hydrogen) atoms. The number of amides is 2. The first-order valence-electron chi connectivity index (χ1n) is 13.1. The van der Waals surface area contributed by atoms with Crippen LogP contribution in [0, 0.1) is 11.8 Å². The Morgan fingerprint density at radius 2 is 1.16 bits per heavy atom. The summed E-state index contributed by atoms with van der Waals surface area (Å²) in [5.41, 5.74) is 10.6. The van der Waals surface area contributed by atoms with Crippen LogP contribution in [0.3, 0.4) is 0 Å². The lowest BCUT2D eigenvalue weighted by molar-refractivity contribution is -0.143. The highest BCUT2D eigenvalue weighted by Crippen LogP contribution is 2.27. The average Bonchev–Trinajstić information content (AvgIpc) is 2.95. The number of nitrogens with two attached hydrogens (primary N) is 2. The van der Waals surface area contributed by atoms with Crippen molar-refractivity contribution in [1.82, 2.24) is 10.6 Å². The lowest BCUT2D eigenvalue weighted by atomic mass is 9.98. The van der Waals surface area contributed by atoms with Gasteiger partial charge in [-0.2, -0.15) is 0 Å². The predicted octanol–water partition coefficient (Wildman–Crippen LogP) is -2.97. The fourth-order valence-electron chi connectivity index (χ4n) is 3.27. The van der Waals surface area contributed by atoms with Gasteiger partial charge in [0.2, 0.25) is 11.8 Å². The number of aliphatic hydroxyl groups excluding tert-OH is 2. The van der Waals surface area contributed by atoms with E-state index in [0.29, 0.717) is 0 Å². The molecule has 2 amide bonds. The summed E-state index contributed by atoms with van der Waals surface area (Å²) < 4.78 is 0. The number of carbonyl (C=O) groups is 8. The number of aliphatic hydroxyl groups is 2. The van der Waals surface area contributed by atoms with Gasteiger partial charge in [-0.3, -0.25) is 33.6 Å². The maximum Gasteiger partial charge on any atom is 0.327 e. The number of nitrogens with one attached hydrogen (secondary N) is 2. The van der Waals surface area contributed by atoms with Crippen LogP contribution in [0.25, 0.3) is 0 Å². The Morgan fingerprint density at radius 3 is 1.64 bits per heavy atom. The molecule has 0 aromatic carbocycles. The van der Waals surface area contributed by atoms with Gasteiger partial charge in [0.05, 0.1) is 25.0 Å². The van der Waals surface area contributed by atoms with Crippen molar-refractivity contribution in [3.05, 3.63) is 0 Å². The number of hydrogen-bond acceptors (Lipinski definition) is 14. The Kier molecular flexibility index (Phi) is 19.8. The molecule has 0 unspecified atom stereocenters. The van der Waals surface area contributed by atoms with Gasteiger partial charge in [0.15, 0.2) is 5.78 Å². The molecule has 0 aliphatic carbocycles. The number of rotatable bonds is 25. The fourth-order valence-corrected chi connectivity index (χ4v) is 5.73. The molecule has 0 aromatic rings. The van der Waals surface area contributed by atoms with Crippen molar-refractivity contribution >= 4 is 68.8 Å². The number of aliphatic carboxylic acids is 4. The smallest absolute Gasteiger partial charge is 0.327 e. The molecule has 0 aliphatic heterocycles. The van der Waals surface area contributed by atoms with Crippen molar-refractivity contribution < 1.29 is 69.0 Å². The Bertz CT molecular complexity index is 966. The second-order valence-corrected chi connectivity index (χ2v) is 12.1. The highest BCUT2D eigenvalue weighted by molar-refractivity contribution is 8.76. The number of carboxylic acid groups (broad SMARTS) is 4. The summed E-state index contributed by atoms with van der Waals surface area (Å²) in [4.78, 5) is 93.8. The molecule has 0 fully saturated rings. The van der Waals surface area contributed by atoms with Gasteiger partial charge in [-0.15, -0.1) is 0 Å². The van der Waals surface area contributed by atoms with E-state index in [-0.39, 0.29) is 37.2 Å². The molecule has 20 heteroatoms. The zero-order valence-corrected chi connectivity index (χ0v) is 25.1. The first-order chi connectivity index (χ1) is 20.5. The van der Waals surface area contributed by atoms with Gasteiger partial charge in [-0.05, 0) is 12.8 Å². The average molecular weight is 671 g/mol. The van der Waals surface area contributed by atoms with E-state index in [0.717, 1.165) is 21.6 Å². The summed E-state index contributed by atoms with van der Waals surface area (Å²) in [5.74, 6) is -11.7. The standard InChI is InChI=1S/C24H38N4O14S2/c25-14(22(37)38)2-1-13(31)5-11(7-29)20(34)28-17(24(41)42)10-44-43-9-12(21(35)36)6-18(32)16(8-30)27-19(33)4-3-15(26)23(39)40/h11-12,14-17,29-30H,1-10,25-26H2,(H,27,33)(H,28,34)(H,35,36)(H,37,38)(H,39,40)(H,41,42)/t11-,12-,14-,15-,16-,17-/m0/s1. The Labute approximate surface area is 259 Å². The molecule has 0 rings (SSSR count). The van der Waals surface area contributed by atoms with E-state index in [2.05, 4.69) is 10.6 Å². The van der Waals surface area contributed by atoms with Crippen LogP contribution in [-0.4, -0.2) is 127 Å². The number of ketones is 2. The minimum absolute atomic E-state index is 0.193. The summed E-state index contributed by atoms with van der Waals surface area (Å²) >= 11 is 0. The van der Waals surface area contributed by atoms with Crippen molar-refractivity contribution in [2.24, 2.45) is 23.3 Å². The SMILES string of the molecule is N[C@@H](CCC(=O)C[C@@H](CO)C(=O)N[C@@H](CSSC[C@H](CC(=O)[C@H](CO)NC(=O)CC[C@H](N)C(=O)O)C(=O)O)C(=O)O)C(=O)O. The van der Waals surface area contributed by atoms with Crippen molar-refractivity contribution in [2.75, 3.05) is 24.7 Å². The molecule has 6 atom stereocenters. The quantitative estimate of drug-likeness (QED) is 0.0342. The summed E-state index contributed by atoms with van der Waals surface area (Å²) in [6.07, 6.45) is -2.15. The molecule has 0 spiro atoms. The van der Waals surface area contributed by atoms with E-state index in [1.54, 1.807) is 0 Å². The fraction of sp³-hybridized carbons (Fsp3) is 0.667. The second kappa shape index (κ2) is 21.4. The number of Topliss-reactive ketones (excluding diaryl/α,β-unsaturated/α-hetero) is 2. The molecule has 0 heterocycles. The molecule has 0 aliphatic rings. The number of hydrogen-bond donors (Lipinski definition) is 10. The third-order valence-electron chi connectivity index (χ3n) is 6.02. The molecule has 0 saturated carbocycles. The van der Waals surface area contributed by atoms with Gasteiger partial charge in [-0.25, -0.2) is 4.79 Å². The van der Waals surface area contributed by atoms with Crippen LogP contribution in [0.15, 0.2) is 0 Å². The highest BCUT2D eigenvalue weighted by atomic mass is 33.1. The van der Waals surface area contributed by atoms with E-state index in [9.17, 15) is 58.8 Å². The molecule has 0 aromatic heterocycles. The van der Waals surface area contributed by atoms with Gasteiger partial charge >= 0.3 is 23.9 Å². The first-order valence-corrected chi connectivity index (χ1v) is 15.5. The van der Waals surface area contributed by atoms with Crippen molar-refractivity contribution in [3.63, 3.8) is 0 Å². The van der Waals surface area contributed by atoms with Crippen LogP contribution in [0.1, 0.15) is 38.5 Å². The van der Waals surface area contributed by atoms with Crippen LogP contribution in [-0.2, 0) is 38.4 Å². The monoisotopic (exact) mass is 670 g/mol. The largest absolute Gasteiger partial charge is 0.481 e. The number of carbonyl (C=O) groups excluding carboxylic acids is 4. The lowest BCUT2D eigenvalue weighted by Crippen LogP contribution is -2.46. The summed E-state index contributed by atoms with van der Waals surface area (Å²) in [7, 11) is 1.73. The minimum Gasteiger partial charge on any atom is -0.481 e. The van der Waals surface area contributed by atoms with Gasteiger partial charge in [0.25, 0.3) is 0 Å². The highest BCUT2D eigenvalue weighted by Gasteiger charge is 2.29. The Morgan fingerprint density at radius 1 is 0.614 bits per heavy atom. The van der Waals surface area contributed by atoms with E-state index in [1.807, 2.05) is 0 Å². The van der Waals surface area contributed by atoms with Crippen molar-refractivity contribution in [1.29, 1.82) is 0 Å². The van der Waals surface area contributed by atoms with Crippen LogP contribution in [0.5, 0.6) is 0 Å². The van der Waals surface area contributed by atoms with Gasteiger partial charge in [0.1, 0.15) is 30.0 Å². The van der Waals surface area contributed by atoms with Crippen LogP contribution >= 0.6 is 21.6 Å². The van der Waals surface area contributed by atoms with E-state index in [1.165, 1.54) is 0 Å². The van der Waals surface area contributed by atoms with Crippen LogP contribution in [0.4, 0.5) is 0 Å². The summed E-state index contributed by atoms with van der Waals surface area (Å²) in [5, 5.41) is 59.8. The third kappa shape index (κ3) is 16.5. The van der Waals surface area contributed by atoms with Crippen molar-refractivity contribution in [3.8, 4) is 0 Å². The lowest BCUT2D eigenvalue weighted by Gasteiger charge is -2.19. The van der Waals surface area contributed by atoms with Crippen LogP contribution < -0.4 is 22.1 Å². The van der Waals surface area contributed by atoms with E-state index in [4.69, 9.17) is 21.7 Å². The topological polar surface area (TPSA) is 334 Å². The van der Waals surface area contributed by atoms with Gasteiger partial charge in [0, 0.05) is 37.2 Å².